The van der Waals surface area contributed by atoms with Gasteiger partial charge in [0, 0.05) is 26.2 Å². The van der Waals surface area contributed by atoms with Crippen molar-refractivity contribution in [3.8, 4) is 0 Å². The molecule has 32 heavy (non-hydrogen) atoms. The second kappa shape index (κ2) is 10.4. The molecule has 2 aliphatic heterocycles. The third kappa shape index (κ3) is 4.98. The minimum Gasteiger partial charge on any atom is -0.503 e. The maximum atomic E-state index is 13.1. The number of benzene rings is 2. The summed E-state index contributed by atoms with van der Waals surface area (Å²) in [6.07, 6.45) is 3.89. The number of morpholine rings is 1. The third-order valence-corrected chi connectivity index (χ3v) is 5.89. The summed E-state index contributed by atoms with van der Waals surface area (Å²) >= 11 is 0. The third-order valence-electron chi connectivity index (χ3n) is 5.89. The standard InChI is InChI=1S/C26H28N2O4/c29-22(13-12-20-8-3-1-4-9-20)23-24(21-10-5-2-6-11-21)28(26(31)25(23)30)15-7-14-27-16-18-32-19-17-27/h1-6,8-13,24,30H,7,14-19H2/b13-12+/t24-/m1/s1. The summed E-state index contributed by atoms with van der Waals surface area (Å²) in [6, 6.07) is 18.3. The Morgan fingerprint density at radius 1 is 1.00 bits per heavy atom. The molecular weight excluding hydrogens is 404 g/mol. The zero-order chi connectivity index (χ0) is 22.3. The number of hydrogen-bond donors (Lipinski definition) is 1. The van der Waals surface area contributed by atoms with Crippen molar-refractivity contribution in [2.75, 3.05) is 39.4 Å². The number of ketones is 1. The number of nitrogens with zero attached hydrogens (tertiary/aromatic N) is 2. The van der Waals surface area contributed by atoms with Crippen LogP contribution in [0.5, 0.6) is 0 Å². The smallest absolute Gasteiger partial charge is 0.290 e. The van der Waals surface area contributed by atoms with Crippen LogP contribution in [0.3, 0.4) is 0 Å². The average Bonchev–Trinajstić information content (AvgIpc) is 3.09. The number of hydrogen-bond acceptors (Lipinski definition) is 5. The van der Waals surface area contributed by atoms with E-state index in [4.69, 9.17) is 4.74 Å². The number of amides is 1. The summed E-state index contributed by atoms with van der Waals surface area (Å²) in [4.78, 5) is 30.0. The Hall–Kier alpha value is -3.22. The van der Waals surface area contributed by atoms with E-state index in [1.165, 1.54) is 6.08 Å². The van der Waals surface area contributed by atoms with Crippen LogP contribution in [0, 0.1) is 0 Å². The van der Waals surface area contributed by atoms with Gasteiger partial charge in [-0.3, -0.25) is 14.5 Å². The van der Waals surface area contributed by atoms with Gasteiger partial charge in [0.15, 0.2) is 11.5 Å². The van der Waals surface area contributed by atoms with Crippen LogP contribution in [-0.4, -0.2) is 66.0 Å². The van der Waals surface area contributed by atoms with Crippen molar-refractivity contribution >= 4 is 17.8 Å². The van der Waals surface area contributed by atoms with Crippen LogP contribution >= 0.6 is 0 Å². The Morgan fingerprint density at radius 3 is 2.34 bits per heavy atom. The first kappa shape index (κ1) is 22.0. The van der Waals surface area contributed by atoms with Gasteiger partial charge in [0.2, 0.25) is 0 Å². The highest BCUT2D eigenvalue weighted by molar-refractivity contribution is 6.14. The lowest BCUT2D eigenvalue weighted by Gasteiger charge is -2.29. The molecule has 6 heteroatoms. The summed E-state index contributed by atoms with van der Waals surface area (Å²) in [7, 11) is 0. The van der Waals surface area contributed by atoms with Gasteiger partial charge in [-0.25, -0.2) is 0 Å². The molecule has 2 heterocycles. The Labute approximate surface area is 188 Å². The van der Waals surface area contributed by atoms with E-state index in [-0.39, 0.29) is 11.4 Å². The average molecular weight is 433 g/mol. The van der Waals surface area contributed by atoms with Gasteiger partial charge < -0.3 is 14.7 Å². The van der Waals surface area contributed by atoms with Crippen molar-refractivity contribution in [2.45, 2.75) is 12.5 Å². The molecule has 0 radical (unpaired) electrons. The van der Waals surface area contributed by atoms with Crippen LogP contribution in [0.25, 0.3) is 6.08 Å². The lowest BCUT2D eigenvalue weighted by molar-refractivity contribution is -0.129. The summed E-state index contributed by atoms with van der Waals surface area (Å²) in [5.41, 5.74) is 1.83. The predicted octanol–water partition coefficient (Wildman–Crippen LogP) is 3.39. The summed E-state index contributed by atoms with van der Waals surface area (Å²) in [5.74, 6) is -1.30. The first-order chi connectivity index (χ1) is 15.6. The topological polar surface area (TPSA) is 70.1 Å². The molecule has 166 valence electrons. The lowest BCUT2D eigenvalue weighted by atomic mass is 9.95. The fourth-order valence-corrected chi connectivity index (χ4v) is 4.23. The molecule has 2 aliphatic rings. The number of rotatable bonds is 8. The SMILES string of the molecule is O=C(/C=C/c1ccccc1)C1=C(O)C(=O)N(CCCN2CCOCC2)[C@@H]1c1ccccc1. The normalized spacial score (nSPS) is 19.8. The Morgan fingerprint density at radius 2 is 1.66 bits per heavy atom. The van der Waals surface area contributed by atoms with E-state index in [1.807, 2.05) is 60.7 Å². The fourth-order valence-electron chi connectivity index (χ4n) is 4.23. The van der Waals surface area contributed by atoms with Gasteiger partial charge in [-0.1, -0.05) is 66.7 Å². The van der Waals surface area contributed by atoms with Crippen LogP contribution in [0.1, 0.15) is 23.6 Å². The second-order valence-corrected chi connectivity index (χ2v) is 7.99. The van der Waals surface area contributed by atoms with Crippen LogP contribution < -0.4 is 0 Å². The Bertz CT molecular complexity index is 995. The van der Waals surface area contributed by atoms with Gasteiger partial charge in [-0.15, -0.1) is 0 Å². The van der Waals surface area contributed by atoms with Crippen molar-refractivity contribution in [1.82, 2.24) is 9.80 Å². The molecular formula is C26H28N2O4. The predicted molar refractivity (Wildman–Crippen MR) is 123 cm³/mol. The highest BCUT2D eigenvalue weighted by Gasteiger charge is 2.42. The number of aliphatic hydroxyl groups is 1. The molecule has 1 N–H and O–H groups in total. The first-order valence-corrected chi connectivity index (χ1v) is 11.0. The monoisotopic (exact) mass is 432 g/mol. The molecule has 1 fully saturated rings. The van der Waals surface area contributed by atoms with Crippen molar-refractivity contribution in [2.24, 2.45) is 0 Å². The highest BCUT2D eigenvalue weighted by Crippen LogP contribution is 2.38. The summed E-state index contributed by atoms with van der Waals surface area (Å²) in [5, 5.41) is 10.7. The first-order valence-electron chi connectivity index (χ1n) is 11.0. The molecule has 2 aromatic rings. The Kier molecular flexibility index (Phi) is 7.14. The fraction of sp³-hybridized carbons (Fsp3) is 0.308. The molecule has 4 rings (SSSR count). The molecule has 0 spiro atoms. The van der Waals surface area contributed by atoms with Crippen LogP contribution in [0.4, 0.5) is 0 Å². The molecule has 0 bridgehead atoms. The van der Waals surface area contributed by atoms with Crippen molar-refractivity contribution < 1.29 is 19.4 Å². The lowest BCUT2D eigenvalue weighted by Crippen LogP contribution is -2.39. The molecule has 1 atom stereocenters. The maximum absolute atomic E-state index is 13.1. The maximum Gasteiger partial charge on any atom is 0.290 e. The number of carbonyl (C=O) groups excluding carboxylic acids is 2. The molecule has 0 aromatic heterocycles. The van der Waals surface area contributed by atoms with E-state index in [0.717, 1.165) is 50.4 Å². The molecule has 0 unspecified atom stereocenters. The van der Waals surface area contributed by atoms with Gasteiger partial charge >= 0.3 is 0 Å². The second-order valence-electron chi connectivity index (χ2n) is 7.99. The molecule has 1 saturated heterocycles. The Balaban J connectivity index is 1.54. The van der Waals surface area contributed by atoms with Crippen LogP contribution in [-0.2, 0) is 14.3 Å². The minimum absolute atomic E-state index is 0.139. The van der Waals surface area contributed by atoms with E-state index >= 15 is 0 Å². The number of carbonyl (C=O) groups is 2. The number of ether oxygens (including phenoxy) is 1. The van der Waals surface area contributed by atoms with E-state index in [1.54, 1.807) is 11.0 Å². The van der Waals surface area contributed by atoms with Gasteiger partial charge in [0.25, 0.3) is 5.91 Å². The number of aliphatic hydroxyl groups excluding tert-OH is 1. The van der Waals surface area contributed by atoms with Crippen molar-refractivity contribution in [3.05, 3.63) is 89.2 Å². The largest absolute Gasteiger partial charge is 0.503 e. The van der Waals surface area contributed by atoms with E-state index < -0.39 is 17.7 Å². The van der Waals surface area contributed by atoms with Gasteiger partial charge in [0.1, 0.15) is 0 Å². The van der Waals surface area contributed by atoms with Gasteiger partial charge in [-0.05, 0) is 23.6 Å². The van der Waals surface area contributed by atoms with Crippen molar-refractivity contribution in [3.63, 3.8) is 0 Å². The highest BCUT2D eigenvalue weighted by atomic mass is 16.5. The van der Waals surface area contributed by atoms with Gasteiger partial charge in [0.05, 0.1) is 24.8 Å². The van der Waals surface area contributed by atoms with E-state index in [0.29, 0.717) is 6.54 Å². The zero-order valence-electron chi connectivity index (χ0n) is 18.0. The zero-order valence-corrected chi connectivity index (χ0v) is 18.0. The molecule has 0 saturated carbocycles. The quantitative estimate of drug-likeness (QED) is 0.648. The summed E-state index contributed by atoms with van der Waals surface area (Å²) in [6.45, 7) is 4.51. The molecule has 6 nitrogen and oxygen atoms in total. The van der Waals surface area contributed by atoms with E-state index in [2.05, 4.69) is 4.90 Å². The van der Waals surface area contributed by atoms with Gasteiger partial charge in [-0.2, -0.15) is 0 Å². The number of allylic oxidation sites excluding steroid dienone is 1. The van der Waals surface area contributed by atoms with E-state index in [9.17, 15) is 14.7 Å². The minimum atomic E-state index is -0.596. The molecule has 2 aromatic carbocycles. The summed E-state index contributed by atoms with van der Waals surface area (Å²) < 4.78 is 5.39. The van der Waals surface area contributed by atoms with Crippen LogP contribution in [0.2, 0.25) is 0 Å². The molecule has 1 amide bonds. The molecule has 0 aliphatic carbocycles. The van der Waals surface area contributed by atoms with Crippen LogP contribution in [0.15, 0.2) is 78.1 Å². The van der Waals surface area contributed by atoms with Crippen molar-refractivity contribution in [1.29, 1.82) is 0 Å².